The van der Waals surface area contributed by atoms with Crippen molar-refractivity contribution in [1.82, 2.24) is 0 Å². The lowest BCUT2D eigenvalue weighted by atomic mass is 10.0. The van der Waals surface area contributed by atoms with E-state index in [1.165, 1.54) is 0 Å². The van der Waals surface area contributed by atoms with Crippen LogP contribution in [-0.4, -0.2) is 20.8 Å². The predicted molar refractivity (Wildman–Crippen MR) is 69.4 cm³/mol. The molecular formula is C13H22N2O2. The lowest BCUT2D eigenvalue weighted by Crippen LogP contribution is -2.11. The Morgan fingerprint density at radius 1 is 1.12 bits per heavy atom. The molecule has 1 rings (SSSR count). The highest BCUT2D eigenvalue weighted by atomic mass is 16.5. The van der Waals surface area contributed by atoms with Crippen LogP contribution in [0.15, 0.2) is 18.2 Å². The molecule has 0 aliphatic carbocycles. The monoisotopic (exact) mass is 238 g/mol. The van der Waals surface area contributed by atoms with Crippen LogP contribution in [0.3, 0.4) is 0 Å². The van der Waals surface area contributed by atoms with Crippen LogP contribution in [0, 0.1) is 0 Å². The third-order valence-corrected chi connectivity index (χ3v) is 2.81. The normalized spacial score (nSPS) is 12.2. The average Bonchev–Trinajstić information content (AvgIpc) is 2.38. The van der Waals surface area contributed by atoms with Crippen molar-refractivity contribution in [3.05, 3.63) is 23.8 Å². The minimum atomic E-state index is 0.0290. The number of hydrogen-bond donors (Lipinski definition) is 2. The van der Waals surface area contributed by atoms with E-state index in [9.17, 15) is 0 Å². The highest BCUT2D eigenvalue weighted by Gasteiger charge is 2.10. The second kappa shape index (κ2) is 7.14. The smallest absolute Gasteiger partial charge is 0.161 e. The fourth-order valence-corrected chi connectivity index (χ4v) is 1.76. The number of nitrogens with two attached hydrogens (primary N) is 2. The lowest BCUT2D eigenvalue weighted by molar-refractivity contribution is 0.354. The molecule has 0 bridgehead atoms. The number of methoxy groups -OCH3 is 2. The van der Waals surface area contributed by atoms with E-state index in [0.717, 1.165) is 42.9 Å². The molecule has 0 radical (unpaired) electrons. The molecule has 0 unspecified atom stereocenters. The van der Waals surface area contributed by atoms with Crippen molar-refractivity contribution in [2.24, 2.45) is 11.5 Å². The Bertz CT molecular complexity index is 342. The molecule has 1 aromatic carbocycles. The molecule has 4 heteroatoms. The lowest BCUT2D eigenvalue weighted by Gasteiger charge is -2.14. The molecule has 0 spiro atoms. The van der Waals surface area contributed by atoms with E-state index in [1.807, 2.05) is 18.2 Å². The van der Waals surface area contributed by atoms with E-state index in [0.29, 0.717) is 0 Å². The number of benzene rings is 1. The molecule has 0 aliphatic rings. The predicted octanol–water partition coefficient (Wildman–Crippen LogP) is 1.83. The summed E-state index contributed by atoms with van der Waals surface area (Å²) in [4.78, 5) is 0. The molecule has 1 atom stereocenters. The summed E-state index contributed by atoms with van der Waals surface area (Å²) in [5.74, 6) is 1.45. The third-order valence-electron chi connectivity index (χ3n) is 2.81. The van der Waals surface area contributed by atoms with Crippen LogP contribution in [0.2, 0.25) is 0 Å². The molecule has 0 fully saturated rings. The van der Waals surface area contributed by atoms with Gasteiger partial charge in [-0.25, -0.2) is 0 Å². The highest BCUT2D eigenvalue weighted by Crippen LogP contribution is 2.30. The molecule has 0 saturated heterocycles. The zero-order valence-corrected chi connectivity index (χ0v) is 10.6. The first-order chi connectivity index (χ1) is 8.22. The second-order valence-electron chi connectivity index (χ2n) is 4.01. The summed E-state index contributed by atoms with van der Waals surface area (Å²) >= 11 is 0. The summed E-state index contributed by atoms with van der Waals surface area (Å²) in [7, 11) is 3.25. The van der Waals surface area contributed by atoms with Gasteiger partial charge in [-0.05, 0) is 37.1 Å². The van der Waals surface area contributed by atoms with Crippen LogP contribution >= 0.6 is 0 Å². The van der Waals surface area contributed by atoms with Gasteiger partial charge in [-0.3, -0.25) is 0 Å². The topological polar surface area (TPSA) is 70.5 Å². The van der Waals surface area contributed by atoms with Crippen molar-refractivity contribution in [2.75, 3.05) is 20.8 Å². The maximum absolute atomic E-state index is 6.11. The molecule has 4 N–H and O–H groups in total. The summed E-state index contributed by atoms with van der Waals surface area (Å²) in [5, 5.41) is 0. The van der Waals surface area contributed by atoms with Crippen LogP contribution in [0.25, 0.3) is 0 Å². The minimum Gasteiger partial charge on any atom is -0.493 e. The first kappa shape index (κ1) is 13.8. The maximum atomic E-state index is 6.11. The van der Waals surface area contributed by atoms with E-state index < -0.39 is 0 Å². The van der Waals surface area contributed by atoms with E-state index in [1.54, 1.807) is 14.2 Å². The van der Waals surface area contributed by atoms with Gasteiger partial charge in [-0.2, -0.15) is 0 Å². The molecule has 0 saturated carbocycles. The zero-order chi connectivity index (χ0) is 12.7. The Hall–Kier alpha value is -1.26. The number of rotatable bonds is 7. The average molecular weight is 238 g/mol. The van der Waals surface area contributed by atoms with Gasteiger partial charge in [-0.1, -0.05) is 12.5 Å². The second-order valence-corrected chi connectivity index (χ2v) is 4.01. The van der Waals surface area contributed by atoms with Crippen LogP contribution in [-0.2, 0) is 0 Å². The van der Waals surface area contributed by atoms with E-state index in [2.05, 4.69) is 0 Å². The van der Waals surface area contributed by atoms with E-state index in [-0.39, 0.29) is 6.04 Å². The Morgan fingerprint density at radius 3 is 2.41 bits per heavy atom. The minimum absolute atomic E-state index is 0.0290. The quantitative estimate of drug-likeness (QED) is 0.711. The van der Waals surface area contributed by atoms with Gasteiger partial charge in [0.1, 0.15) is 0 Å². The fourth-order valence-electron chi connectivity index (χ4n) is 1.76. The summed E-state index contributed by atoms with van der Waals surface area (Å²) in [6.07, 6.45) is 3.00. The summed E-state index contributed by atoms with van der Waals surface area (Å²) < 4.78 is 10.4. The van der Waals surface area contributed by atoms with Crippen LogP contribution in [0.4, 0.5) is 0 Å². The number of unbranched alkanes of at least 4 members (excludes halogenated alkanes) is 1. The third kappa shape index (κ3) is 3.91. The van der Waals surface area contributed by atoms with Crippen molar-refractivity contribution in [2.45, 2.75) is 25.3 Å². The van der Waals surface area contributed by atoms with Crippen molar-refractivity contribution in [3.63, 3.8) is 0 Å². The fraction of sp³-hybridized carbons (Fsp3) is 0.538. The summed E-state index contributed by atoms with van der Waals surface area (Å²) in [5.41, 5.74) is 12.6. The molecule has 17 heavy (non-hydrogen) atoms. The molecule has 4 nitrogen and oxygen atoms in total. The standard InChI is InChI=1S/C13H22N2O2/c1-16-12-7-6-10(9-13(12)17-2)11(15)5-3-4-8-14/h6-7,9,11H,3-5,8,14-15H2,1-2H3/t11-/m1/s1. The number of hydrogen-bond acceptors (Lipinski definition) is 4. The van der Waals surface area contributed by atoms with Crippen LogP contribution in [0.1, 0.15) is 30.9 Å². The Labute approximate surface area is 103 Å². The van der Waals surface area contributed by atoms with E-state index in [4.69, 9.17) is 20.9 Å². The Kier molecular flexibility index (Phi) is 5.80. The first-order valence-corrected chi connectivity index (χ1v) is 5.90. The van der Waals surface area contributed by atoms with Gasteiger partial charge >= 0.3 is 0 Å². The molecule has 0 aromatic heterocycles. The van der Waals surface area contributed by atoms with Gasteiger partial charge in [0.25, 0.3) is 0 Å². The maximum Gasteiger partial charge on any atom is 0.161 e. The SMILES string of the molecule is COc1ccc([C@H](N)CCCCN)cc1OC. The molecule has 0 amide bonds. The summed E-state index contributed by atoms with van der Waals surface area (Å²) in [6.45, 7) is 0.721. The van der Waals surface area contributed by atoms with Crippen molar-refractivity contribution < 1.29 is 9.47 Å². The Balaban J connectivity index is 2.70. The van der Waals surface area contributed by atoms with Gasteiger partial charge < -0.3 is 20.9 Å². The molecule has 0 aliphatic heterocycles. The Morgan fingerprint density at radius 2 is 1.82 bits per heavy atom. The molecule has 96 valence electrons. The van der Waals surface area contributed by atoms with Gasteiger partial charge in [-0.15, -0.1) is 0 Å². The zero-order valence-electron chi connectivity index (χ0n) is 10.6. The first-order valence-electron chi connectivity index (χ1n) is 5.90. The van der Waals surface area contributed by atoms with Gasteiger partial charge in [0.2, 0.25) is 0 Å². The molecular weight excluding hydrogens is 216 g/mol. The van der Waals surface area contributed by atoms with Crippen molar-refractivity contribution in [1.29, 1.82) is 0 Å². The van der Waals surface area contributed by atoms with Gasteiger partial charge in [0.05, 0.1) is 14.2 Å². The largest absolute Gasteiger partial charge is 0.493 e. The highest BCUT2D eigenvalue weighted by molar-refractivity contribution is 5.43. The van der Waals surface area contributed by atoms with Gasteiger partial charge in [0.15, 0.2) is 11.5 Å². The summed E-state index contributed by atoms with van der Waals surface area (Å²) in [6, 6.07) is 5.83. The molecule has 0 heterocycles. The van der Waals surface area contributed by atoms with Crippen molar-refractivity contribution >= 4 is 0 Å². The van der Waals surface area contributed by atoms with Gasteiger partial charge in [0, 0.05) is 6.04 Å². The van der Waals surface area contributed by atoms with E-state index >= 15 is 0 Å². The van der Waals surface area contributed by atoms with Crippen LogP contribution in [0.5, 0.6) is 11.5 Å². The number of ether oxygens (including phenoxy) is 2. The van der Waals surface area contributed by atoms with Crippen LogP contribution < -0.4 is 20.9 Å². The molecule has 1 aromatic rings. The van der Waals surface area contributed by atoms with Crippen molar-refractivity contribution in [3.8, 4) is 11.5 Å².